The molecule has 0 atom stereocenters. The van der Waals surface area contributed by atoms with E-state index in [4.69, 9.17) is 4.74 Å². The van der Waals surface area contributed by atoms with Crippen LogP contribution in [0.15, 0.2) is 78.9 Å². The van der Waals surface area contributed by atoms with Crippen molar-refractivity contribution in [3.63, 3.8) is 0 Å². The van der Waals surface area contributed by atoms with Gasteiger partial charge in [0.15, 0.2) is 12.0 Å². The van der Waals surface area contributed by atoms with Gasteiger partial charge in [0.05, 0.1) is 12.2 Å². The first-order chi connectivity index (χ1) is 13.8. The molecule has 0 saturated heterocycles. The van der Waals surface area contributed by atoms with E-state index < -0.39 is 0 Å². The summed E-state index contributed by atoms with van der Waals surface area (Å²) in [6.07, 6.45) is 4.43. The number of ether oxygens (including phenoxy) is 1. The summed E-state index contributed by atoms with van der Waals surface area (Å²) in [5.41, 5.74) is 2.31. The largest absolute Gasteiger partial charge is 0.487 e. The van der Waals surface area contributed by atoms with Gasteiger partial charge in [-0.3, -0.25) is 0 Å². The van der Waals surface area contributed by atoms with Crippen LogP contribution in [0.4, 0.5) is 5.69 Å². The summed E-state index contributed by atoms with van der Waals surface area (Å²) in [6.45, 7) is 2.93. The number of rotatable bonds is 6. The molecule has 4 rings (SSSR count). The lowest BCUT2D eigenvalue weighted by Crippen LogP contribution is -2.05. The Bertz CT molecular complexity index is 1090. The Kier molecular flexibility index (Phi) is 5.38. The molecule has 0 heterocycles. The molecule has 4 aromatic rings. The average Bonchev–Trinajstić information content (AvgIpc) is 2.74. The molecule has 4 aromatic carbocycles. The van der Waals surface area contributed by atoms with Gasteiger partial charge >= 0.3 is 0 Å². The highest BCUT2D eigenvalue weighted by molar-refractivity contribution is 6.12. The summed E-state index contributed by atoms with van der Waals surface area (Å²) < 4.78 is 8.23. The Balaban J connectivity index is 1.86. The zero-order valence-corrected chi connectivity index (χ0v) is 16.6. The number of nitrogens with zero attached hydrogens (tertiary/aromatic N) is 1. The summed E-state index contributed by atoms with van der Waals surface area (Å²) in [5.74, 6) is 0.930. The van der Waals surface area contributed by atoms with Crippen molar-refractivity contribution in [2.24, 2.45) is 0 Å². The predicted molar refractivity (Wildman–Crippen MR) is 119 cm³/mol. The normalized spacial score (nSPS) is 11.9. The zero-order valence-electron chi connectivity index (χ0n) is 16.6. The molecule has 2 nitrogen and oxygen atoms in total. The zero-order chi connectivity index (χ0) is 19.3. The molecule has 0 spiro atoms. The van der Waals surface area contributed by atoms with Crippen molar-refractivity contribution in [1.82, 2.24) is 0 Å². The Morgan fingerprint density at radius 1 is 0.821 bits per heavy atom. The highest BCUT2D eigenvalue weighted by atomic mass is 16.5. The van der Waals surface area contributed by atoms with Crippen molar-refractivity contribution in [2.45, 2.75) is 19.8 Å². The topological polar surface area (TPSA) is 12.2 Å². The number of benzene rings is 4. The molecule has 28 heavy (non-hydrogen) atoms. The molecular weight excluding hydrogens is 342 g/mol. The van der Waals surface area contributed by atoms with Crippen LogP contribution in [0, 0.1) is 0 Å². The summed E-state index contributed by atoms with van der Waals surface area (Å²) >= 11 is 0. The third-order valence-corrected chi connectivity index (χ3v) is 5.14. The summed E-state index contributed by atoms with van der Waals surface area (Å²) in [6, 6.07) is 27.7. The van der Waals surface area contributed by atoms with E-state index in [1.807, 2.05) is 6.07 Å². The van der Waals surface area contributed by atoms with E-state index in [9.17, 15) is 0 Å². The van der Waals surface area contributed by atoms with Gasteiger partial charge in [-0.15, -0.1) is 0 Å². The summed E-state index contributed by atoms with van der Waals surface area (Å²) in [4.78, 5) is 0. The Morgan fingerprint density at radius 3 is 2.11 bits per heavy atom. The van der Waals surface area contributed by atoms with Crippen LogP contribution in [0.3, 0.4) is 0 Å². The Labute approximate surface area is 166 Å². The van der Waals surface area contributed by atoms with E-state index in [0.29, 0.717) is 0 Å². The van der Waals surface area contributed by atoms with E-state index in [1.165, 1.54) is 27.1 Å². The molecular formula is C26H26NO+. The van der Waals surface area contributed by atoms with Crippen molar-refractivity contribution in [3.05, 3.63) is 84.4 Å². The minimum absolute atomic E-state index is 0.749. The van der Waals surface area contributed by atoms with Gasteiger partial charge in [-0.2, -0.15) is 4.58 Å². The van der Waals surface area contributed by atoms with Crippen LogP contribution in [-0.2, 0) is 0 Å². The van der Waals surface area contributed by atoms with E-state index in [-0.39, 0.29) is 0 Å². The highest BCUT2D eigenvalue weighted by Gasteiger charge is 2.14. The second-order valence-corrected chi connectivity index (χ2v) is 7.14. The van der Waals surface area contributed by atoms with Gasteiger partial charge in [0.1, 0.15) is 7.05 Å². The van der Waals surface area contributed by atoms with Crippen LogP contribution in [0.1, 0.15) is 25.3 Å². The van der Waals surface area contributed by atoms with E-state index in [2.05, 4.69) is 97.6 Å². The molecule has 0 unspecified atom stereocenters. The maximum atomic E-state index is 6.05. The van der Waals surface area contributed by atoms with Gasteiger partial charge in [-0.25, -0.2) is 0 Å². The summed E-state index contributed by atoms with van der Waals surface area (Å²) in [5, 5.41) is 5.04. The van der Waals surface area contributed by atoms with Gasteiger partial charge in [-0.1, -0.05) is 74.0 Å². The molecule has 0 aromatic heterocycles. The number of para-hydroxylation sites is 2. The van der Waals surface area contributed by atoms with Crippen LogP contribution >= 0.6 is 0 Å². The molecule has 0 aliphatic carbocycles. The maximum Gasteiger partial charge on any atom is 0.247 e. The fraction of sp³-hybridized carbons (Fsp3) is 0.192. The first-order valence-electron chi connectivity index (χ1n) is 9.98. The standard InChI is InChI=1S/C26H26NO/c1-3-4-17-28-26-16-10-9-15-25(26)27(2)19-24-22-13-7-5-11-20(22)18-21-12-6-8-14-23(21)24/h5-16,18-19H,3-4,17H2,1-2H3/q+1. The lowest BCUT2D eigenvalue weighted by molar-refractivity contribution is -0.399. The molecule has 2 heteroatoms. The quantitative estimate of drug-likeness (QED) is 0.162. The number of hydrogen-bond acceptors (Lipinski definition) is 1. The SMILES string of the molecule is CCCCOc1ccccc1[N+](C)=Cc1c2ccccc2cc2ccccc12. The smallest absolute Gasteiger partial charge is 0.247 e. The van der Waals surface area contributed by atoms with Gasteiger partial charge in [0.25, 0.3) is 0 Å². The molecule has 0 amide bonds. The fourth-order valence-electron chi connectivity index (χ4n) is 3.65. The minimum Gasteiger partial charge on any atom is -0.487 e. The third kappa shape index (κ3) is 3.63. The Hall–Kier alpha value is -3.13. The summed E-state index contributed by atoms with van der Waals surface area (Å²) in [7, 11) is 2.10. The van der Waals surface area contributed by atoms with Gasteiger partial charge < -0.3 is 4.74 Å². The van der Waals surface area contributed by atoms with Gasteiger partial charge in [0.2, 0.25) is 5.69 Å². The third-order valence-electron chi connectivity index (χ3n) is 5.14. The molecule has 0 radical (unpaired) electrons. The van der Waals surface area contributed by atoms with Gasteiger partial charge in [0, 0.05) is 6.07 Å². The van der Waals surface area contributed by atoms with Crippen molar-refractivity contribution in [3.8, 4) is 5.75 Å². The van der Waals surface area contributed by atoms with Crippen molar-refractivity contribution >= 4 is 33.4 Å². The van der Waals surface area contributed by atoms with E-state index >= 15 is 0 Å². The first-order valence-corrected chi connectivity index (χ1v) is 9.98. The second-order valence-electron chi connectivity index (χ2n) is 7.14. The second kappa shape index (κ2) is 8.26. The lowest BCUT2D eigenvalue weighted by atomic mass is 9.97. The number of unbranched alkanes of at least 4 members (excludes halogenated alkanes) is 1. The first kappa shape index (κ1) is 18.2. The molecule has 0 saturated carbocycles. The van der Waals surface area contributed by atoms with Crippen LogP contribution < -0.4 is 4.74 Å². The molecule has 140 valence electrons. The van der Waals surface area contributed by atoms with Crippen molar-refractivity contribution in [1.29, 1.82) is 0 Å². The molecule has 0 bridgehead atoms. The van der Waals surface area contributed by atoms with E-state index in [0.717, 1.165) is 30.9 Å². The van der Waals surface area contributed by atoms with Crippen molar-refractivity contribution < 1.29 is 9.31 Å². The van der Waals surface area contributed by atoms with Crippen molar-refractivity contribution in [2.75, 3.05) is 13.7 Å². The average molecular weight is 369 g/mol. The van der Waals surface area contributed by atoms with Crippen LogP contribution in [0.2, 0.25) is 0 Å². The predicted octanol–water partition coefficient (Wildman–Crippen LogP) is 6.56. The lowest BCUT2D eigenvalue weighted by Gasteiger charge is -2.09. The van der Waals surface area contributed by atoms with Crippen LogP contribution in [-0.4, -0.2) is 24.4 Å². The number of fused-ring (bicyclic) bond motifs is 2. The number of hydrogen-bond donors (Lipinski definition) is 0. The van der Waals surface area contributed by atoms with E-state index in [1.54, 1.807) is 0 Å². The van der Waals surface area contributed by atoms with Crippen LogP contribution in [0.25, 0.3) is 21.5 Å². The highest BCUT2D eigenvalue weighted by Crippen LogP contribution is 2.29. The van der Waals surface area contributed by atoms with Gasteiger partial charge in [-0.05, 0) is 40.1 Å². The monoisotopic (exact) mass is 368 g/mol. The minimum atomic E-state index is 0.749. The molecule has 0 aliphatic heterocycles. The molecule has 0 aliphatic rings. The van der Waals surface area contributed by atoms with Crippen LogP contribution in [0.5, 0.6) is 5.75 Å². The Morgan fingerprint density at radius 2 is 1.43 bits per heavy atom. The molecule has 0 fully saturated rings. The fourth-order valence-corrected chi connectivity index (χ4v) is 3.65. The maximum absolute atomic E-state index is 6.05. The molecule has 0 N–H and O–H groups in total.